The van der Waals surface area contributed by atoms with Crippen LogP contribution in [-0.4, -0.2) is 24.2 Å². The molecule has 1 amide bonds. The Kier molecular flexibility index (Phi) is 5.90. The summed E-state index contributed by atoms with van der Waals surface area (Å²) in [5.74, 6) is 0.796. The van der Waals surface area contributed by atoms with Crippen LogP contribution in [0.3, 0.4) is 0 Å². The van der Waals surface area contributed by atoms with Crippen molar-refractivity contribution in [3.63, 3.8) is 0 Å². The van der Waals surface area contributed by atoms with Gasteiger partial charge < -0.3 is 10.6 Å². The highest BCUT2D eigenvalue weighted by Gasteiger charge is 2.24. The Morgan fingerprint density at radius 3 is 3.05 bits per heavy atom. The molecule has 2 atom stereocenters. The van der Waals surface area contributed by atoms with Gasteiger partial charge in [0.15, 0.2) is 0 Å². The van der Waals surface area contributed by atoms with Crippen molar-refractivity contribution in [3.8, 4) is 0 Å². The summed E-state index contributed by atoms with van der Waals surface area (Å²) in [4.78, 5) is 13.2. The number of nitrogens with one attached hydrogen (secondary N) is 2. The van der Waals surface area contributed by atoms with Crippen molar-refractivity contribution in [2.24, 2.45) is 0 Å². The zero-order valence-electron chi connectivity index (χ0n) is 11.7. The third kappa shape index (κ3) is 4.11. The van der Waals surface area contributed by atoms with Gasteiger partial charge in [-0.15, -0.1) is 24.2 Å². The number of hydrogen-bond donors (Lipinski definition) is 2. The van der Waals surface area contributed by atoms with Crippen LogP contribution < -0.4 is 10.6 Å². The Labute approximate surface area is 134 Å². The quantitative estimate of drug-likeness (QED) is 0.895. The molecule has 116 valence electrons. The van der Waals surface area contributed by atoms with Gasteiger partial charge in [0.25, 0.3) is 0 Å². The Morgan fingerprint density at radius 2 is 2.29 bits per heavy atom. The van der Waals surface area contributed by atoms with Crippen molar-refractivity contribution < 1.29 is 9.18 Å². The average molecular weight is 331 g/mol. The highest BCUT2D eigenvalue weighted by molar-refractivity contribution is 7.99. The Morgan fingerprint density at radius 1 is 1.43 bits per heavy atom. The van der Waals surface area contributed by atoms with Crippen molar-refractivity contribution in [1.29, 1.82) is 0 Å². The fourth-order valence-corrected chi connectivity index (χ4v) is 4.03. The van der Waals surface area contributed by atoms with E-state index in [1.165, 1.54) is 6.07 Å². The predicted octanol–water partition coefficient (Wildman–Crippen LogP) is 3.04. The molecule has 2 unspecified atom stereocenters. The monoisotopic (exact) mass is 330 g/mol. The van der Waals surface area contributed by atoms with Crippen LogP contribution in [0.4, 0.5) is 4.39 Å². The van der Waals surface area contributed by atoms with Gasteiger partial charge >= 0.3 is 0 Å². The summed E-state index contributed by atoms with van der Waals surface area (Å²) in [6.07, 6.45) is 3.60. The topological polar surface area (TPSA) is 41.1 Å². The molecule has 3 nitrogen and oxygen atoms in total. The van der Waals surface area contributed by atoms with E-state index in [1.54, 1.807) is 17.8 Å². The summed E-state index contributed by atoms with van der Waals surface area (Å²) in [5.41, 5.74) is 0.925. The van der Waals surface area contributed by atoms with E-state index in [4.69, 9.17) is 0 Å². The highest BCUT2D eigenvalue weighted by atomic mass is 35.5. The van der Waals surface area contributed by atoms with E-state index < -0.39 is 0 Å². The third-order valence-electron chi connectivity index (χ3n) is 3.94. The molecule has 1 aromatic carbocycles. The maximum atomic E-state index is 13.4. The molecule has 2 N–H and O–H groups in total. The third-order valence-corrected chi connectivity index (χ3v) is 5.06. The zero-order valence-corrected chi connectivity index (χ0v) is 13.4. The number of carbonyl (C=O) groups is 1. The van der Waals surface area contributed by atoms with E-state index in [0.717, 1.165) is 42.0 Å². The number of benzene rings is 1. The smallest absolute Gasteiger partial charge is 0.222 e. The summed E-state index contributed by atoms with van der Waals surface area (Å²) >= 11 is 1.73. The predicted molar refractivity (Wildman–Crippen MR) is 85.5 cm³/mol. The van der Waals surface area contributed by atoms with Crippen LogP contribution in [0.2, 0.25) is 0 Å². The molecule has 1 fully saturated rings. The largest absolute Gasteiger partial charge is 0.349 e. The Hall–Kier alpha value is -0.780. The minimum Gasteiger partial charge on any atom is -0.349 e. The van der Waals surface area contributed by atoms with Gasteiger partial charge in [0, 0.05) is 23.1 Å². The van der Waals surface area contributed by atoms with Crippen molar-refractivity contribution in [3.05, 3.63) is 29.6 Å². The fraction of sp³-hybridized carbons (Fsp3) is 0.533. The van der Waals surface area contributed by atoms with Crippen LogP contribution in [0.15, 0.2) is 23.1 Å². The lowest BCUT2D eigenvalue weighted by Gasteiger charge is -2.26. The van der Waals surface area contributed by atoms with E-state index in [-0.39, 0.29) is 30.2 Å². The lowest BCUT2D eigenvalue weighted by Crippen LogP contribution is -2.35. The molecular formula is C15H20ClFN2OS. The number of rotatable bonds is 3. The van der Waals surface area contributed by atoms with E-state index in [1.807, 2.05) is 6.07 Å². The minimum absolute atomic E-state index is 0. The van der Waals surface area contributed by atoms with Crippen LogP contribution in [0.5, 0.6) is 0 Å². The number of thioether (sulfide) groups is 1. The van der Waals surface area contributed by atoms with Crippen molar-refractivity contribution >= 4 is 30.1 Å². The lowest BCUT2D eigenvalue weighted by molar-refractivity contribution is -0.122. The summed E-state index contributed by atoms with van der Waals surface area (Å²) in [7, 11) is 0. The molecule has 2 aliphatic heterocycles. The fourth-order valence-electron chi connectivity index (χ4n) is 2.92. The maximum Gasteiger partial charge on any atom is 0.222 e. The number of carbonyl (C=O) groups excluding carboxylic acids is 1. The molecular weight excluding hydrogens is 311 g/mol. The molecule has 2 aliphatic rings. The van der Waals surface area contributed by atoms with E-state index >= 15 is 0 Å². The van der Waals surface area contributed by atoms with Crippen molar-refractivity contribution in [1.82, 2.24) is 10.6 Å². The normalized spacial score (nSPS) is 24.0. The second kappa shape index (κ2) is 7.47. The van der Waals surface area contributed by atoms with Gasteiger partial charge in [0.05, 0.1) is 6.04 Å². The second-order valence-electron chi connectivity index (χ2n) is 5.44. The number of halogens is 2. The summed E-state index contributed by atoms with van der Waals surface area (Å²) in [5, 5.41) is 6.40. The van der Waals surface area contributed by atoms with E-state index in [0.29, 0.717) is 12.5 Å². The standard InChI is InChI=1S/C15H19FN2OS.ClH/c16-10-3-4-14-12(8-10)13(5-7-20-14)18-15(19)9-11-2-1-6-17-11;/h3-4,8,11,13,17H,1-2,5-7,9H2,(H,18,19);1H. The SMILES string of the molecule is Cl.O=C(CC1CCCN1)NC1CCSc2ccc(F)cc21. The number of hydrogen-bond acceptors (Lipinski definition) is 3. The van der Waals surface area contributed by atoms with Gasteiger partial charge in [-0.3, -0.25) is 4.79 Å². The molecule has 1 aromatic rings. The van der Waals surface area contributed by atoms with Crippen molar-refractivity contribution in [2.45, 2.75) is 42.7 Å². The van der Waals surface area contributed by atoms with Gasteiger partial charge in [-0.25, -0.2) is 4.39 Å². The first-order valence-corrected chi connectivity index (χ1v) is 8.16. The van der Waals surface area contributed by atoms with Crippen LogP contribution in [0.1, 0.15) is 37.3 Å². The molecule has 2 heterocycles. The van der Waals surface area contributed by atoms with Crippen LogP contribution in [-0.2, 0) is 4.79 Å². The molecule has 0 radical (unpaired) electrons. The molecule has 0 aliphatic carbocycles. The average Bonchev–Trinajstić information content (AvgIpc) is 2.92. The number of amides is 1. The van der Waals surface area contributed by atoms with Gasteiger partial charge in [-0.1, -0.05) is 0 Å². The van der Waals surface area contributed by atoms with Crippen LogP contribution in [0, 0.1) is 5.82 Å². The molecule has 21 heavy (non-hydrogen) atoms. The van der Waals surface area contributed by atoms with E-state index in [9.17, 15) is 9.18 Å². The van der Waals surface area contributed by atoms with E-state index in [2.05, 4.69) is 10.6 Å². The molecule has 3 rings (SSSR count). The van der Waals surface area contributed by atoms with Gasteiger partial charge in [-0.05, 0) is 49.6 Å². The first-order chi connectivity index (χ1) is 9.72. The molecule has 0 aromatic heterocycles. The molecule has 6 heteroatoms. The summed E-state index contributed by atoms with van der Waals surface area (Å²) in [6, 6.07) is 5.11. The number of fused-ring (bicyclic) bond motifs is 1. The Bertz CT molecular complexity index is 508. The Balaban J connectivity index is 0.00000161. The maximum absolute atomic E-state index is 13.4. The van der Waals surface area contributed by atoms with Crippen LogP contribution in [0.25, 0.3) is 0 Å². The van der Waals surface area contributed by atoms with Crippen LogP contribution >= 0.6 is 24.2 Å². The second-order valence-corrected chi connectivity index (χ2v) is 6.57. The molecule has 0 spiro atoms. The highest BCUT2D eigenvalue weighted by Crippen LogP contribution is 2.36. The zero-order chi connectivity index (χ0) is 13.9. The van der Waals surface area contributed by atoms with Gasteiger partial charge in [0.1, 0.15) is 5.82 Å². The first-order valence-electron chi connectivity index (χ1n) is 7.17. The lowest BCUT2D eigenvalue weighted by atomic mass is 10.0. The minimum atomic E-state index is -0.233. The molecule has 0 saturated carbocycles. The summed E-state index contributed by atoms with van der Waals surface area (Å²) < 4.78 is 13.4. The summed E-state index contributed by atoms with van der Waals surface area (Å²) in [6.45, 7) is 1.01. The van der Waals surface area contributed by atoms with Gasteiger partial charge in [0.2, 0.25) is 5.91 Å². The molecule has 0 bridgehead atoms. The van der Waals surface area contributed by atoms with Crippen molar-refractivity contribution in [2.75, 3.05) is 12.3 Å². The first kappa shape index (κ1) is 16.6. The van der Waals surface area contributed by atoms with Gasteiger partial charge in [-0.2, -0.15) is 0 Å². The molecule has 1 saturated heterocycles.